The molecule has 0 bridgehead atoms. The summed E-state index contributed by atoms with van der Waals surface area (Å²) in [4.78, 5) is 39.1. The Morgan fingerprint density at radius 3 is 2.36 bits per heavy atom. The predicted octanol–water partition coefficient (Wildman–Crippen LogP) is 4.46. The van der Waals surface area contributed by atoms with Crippen LogP contribution in [0, 0.1) is 10.1 Å². The average Bonchev–Trinajstić information content (AvgIpc) is 3.11. The molecule has 8 nitrogen and oxygen atoms in total. The Morgan fingerprint density at radius 1 is 1.00 bits per heavy atom. The summed E-state index contributed by atoms with van der Waals surface area (Å²) in [6.45, 7) is 0.213. The molecule has 1 aromatic heterocycles. The first-order valence-corrected chi connectivity index (χ1v) is 10.2. The summed E-state index contributed by atoms with van der Waals surface area (Å²) in [6.07, 6.45) is 0. The van der Waals surface area contributed by atoms with Crippen LogP contribution in [0.5, 0.6) is 5.75 Å². The minimum atomic E-state index is -0.740. The van der Waals surface area contributed by atoms with Gasteiger partial charge in [0.05, 0.1) is 29.0 Å². The molecule has 2 heterocycles. The number of fused-ring (bicyclic) bond motifs is 2. The molecular weight excluding hydrogens is 424 g/mol. The number of para-hydroxylation sites is 1. The van der Waals surface area contributed by atoms with Gasteiger partial charge in [0, 0.05) is 18.7 Å². The largest absolute Gasteiger partial charge is 0.497 e. The Kier molecular flexibility index (Phi) is 4.90. The summed E-state index contributed by atoms with van der Waals surface area (Å²) in [6, 6.07) is 19.2. The van der Waals surface area contributed by atoms with Gasteiger partial charge in [-0.3, -0.25) is 19.7 Å². The fraction of sp³-hybridized carbons (Fsp3) is 0.120. The van der Waals surface area contributed by atoms with Gasteiger partial charge < -0.3 is 14.1 Å². The van der Waals surface area contributed by atoms with Crippen LogP contribution in [0.1, 0.15) is 33.3 Å². The van der Waals surface area contributed by atoms with E-state index < -0.39 is 16.9 Å². The first-order valence-electron chi connectivity index (χ1n) is 10.2. The van der Waals surface area contributed by atoms with Crippen LogP contribution in [0.3, 0.4) is 0 Å². The van der Waals surface area contributed by atoms with E-state index in [1.807, 2.05) is 12.1 Å². The highest BCUT2D eigenvalue weighted by atomic mass is 16.6. The molecule has 0 fully saturated rings. The molecule has 1 aliphatic heterocycles. The number of nitro groups is 1. The molecule has 0 saturated heterocycles. The lowest BCUT2D eigenvalue weighted by Crippen LogP contribution is -2.29. The number of amides is 1. The number of ether oxygens (including phenoxy) is 1. The molecular formula is C25H18N2O6. The average molecular weight is 442 g/mol. The van der Waals surface area contributed by atoms with Gasteiger partial charge in [-0.05, 0) is 47.5 Å². The topological polar surface area (TPSA) is 103 Å². The minimum absolute atomic E-state index is 0.00411. The maximum absolute atomic E-state index is 13.4. The molecule has 0 spiro atoms. The minimum Gasteiger partial charge on any atom is -0.497 e. The molecule has 3 aromatic carbocycles. The van der Waals surface area contributed by atoms with E-state index >= 15 is 0 Å². The smallest absolute Gasteiger partial charge is 0.291 e. The molecule has 0 radical (unpaired) electrons. The van der Waals surface area contributed by atoms with Gasteiger partial charge in [-0.15, -0.1) is 0 Å². The van der Waals surface area contributed by atoms with Crippen molar-refractivity contribution >= 4 is 22.6 Å². The van der Waals surface area contributed by atoms with Gasteiger partial charge in [0.25, 0.3) is 11.6 Å². The molecule has 4 aromatic rings. The van der Waals surface area contributed by atoms with Crippen molar-refractivity contribution in [2.75, 3.05) is 7.11 Å². The number of rotatable bonds is 5. The van der Waals surface area contributed by atoms with Gasteiger partial charge >= 0.3 is 0 Å². The van der Waals surface area contributed by atoms with E-state index in [2.05, 4.69) is 0 Å². The third-order valence-electron chi connectivity index (χ3n) is 5.80. The summed E-state index contributed by atoms with van der Waals surface area (Å²) in [5.41, 5.74) is 1.63. The van der Waals surface area contributed by atoms with Crippen molar-refractivity contribution in [2.45, 2.75) is 12.6 Å². The molecule has 1 aliphatic rings. The molecule has 5 rings (SSSR count). The number of benzene rings is 3. The summed E-state index contributed by atoms with van der Waals surface area (Å²) in [5.74, 6) is 0.271. The zero-order chi connectivity index (χ0) is 23.1. The van der Waals surface area contributed by atoms with E-state index in [0.29, 0.717) is 22.3 Å². The van der Waals surface area contributed by atoms with Crippen molar-refractivity contribution in [3.05, 3.63) is 116 Å². The summed E-state index contributed by atoms with van der Waals surface area (Å²) in [5, 5.41) is 11.5. The number of carbonyl (C=O) groups excluding carboxylic acids is 1. The Morgan fingerprint density at radius 2 is 1.70 bits per heavy atom. The van der Waals surface area contributed by atoms with Gasteiger partial charge in [0.1, 0.15) is 11.3 Å². The van der Waals surface area contributed by atoms with Crippen LogP contribution < -0.4 is 10.2 Å². The first-order chi connectivity index (χ1) is 16.0. The zero-order valence-corrected chi connectivity index (χ0v) is 17.6. The van der Waals surface area contributed by atoms with Crippen molar-refractivity contribution in [1.82, 2.24) is 4.90 Å². The van der Waals surface area contributed by atoms with E-state index in [4.69, 9.17) is 9.15 Å². The van der Waals surface area contributed by atoms with Crippen LogP contribution in [-0.2, 0) is 6.54 Å². The van der Waals surface area contributed by atoms with Crippen LogP contribution in [0.25, 0.3) is 11.0 Å². The van der Waals surface area contributed by atoms with Crippen LogP contribution >= 0.6 is 0 Å². The van der Waals surface area contributed by atoms with E-state index in [9.17, 15) is 19.7 Å². The van der Waals surface area contributed by atoms with Gasteiger partial charge in [-0.2, -0.15) is 0 Å². The number of carbonyl (C=O) groups is 1. The maximum atomic E-state index is 13.4. The van der Waals surface area contributed by atoms with Gasteiger partial charge in [-0.1, -0.05) is 24.3 Å². The lowest BCUT2D eigenvalue weighted by Gasteiger charge is -2.25. The molecule has 1 amide bonds. The normalized spacial score (nSPS) is 15.0. The second-order valence-electron chi connectivity index (χ2n) is 7.70. The summed E-state index contributed by atoms with van der Waals surface area (Å²) >= 11 is 0. The fourth-order valence-corrected chi connectivity index (χ4v) is 4.18. The molecule has 1 unspecified atom stereocenters. The van der Waals surface area contributed by atoms with E-state index in [0.717, 1.165) is 5.56 Å². The van der Waals surface area contributed by atoms with Gasteiger partial charge in [0.2, 0.25) is 5.76 Å². The van der Waals surface area contributed by atoms with Crippen molar-refractivity contribution in [3.63, 3.8) is 0 Å². The summed E-state index contributed by atoms with van der Waals surface area (Å²) in [7, 11) is 1.57. The van der Waals surface area contributed by atoms with Crippen molar-refractivity contribution in [1.29, 1.82) is 0 Å². The van der Waals surface area contributed by atoms with Gasteiger partial charge in [-0.25, -0.2) is 0 Å². The Labute approximate surface area is 187 Å². The molecule has 0 saturated carbocycles. The molecule has 0 aliphatic carbocycles. The van der Waals surface area contributed by atoms with E-state index in [1.54, 1.807) is 60.5 Å². The fourth-order valence-electron chi connectivity index (χ4n) is 4.18. The predicted molar refractivity (Wildman–Crippen MR) is 120 cm³/mol. The molecule has 33 heavy (non-hydrogen) atoms. The van der Waals surface area contributed by atoms with Crippen LogP contribution in [0.4, 0.5) is 5.69 Å². The highest BCUT2D eigenvalue weighted by Gasteiger charge is 2.42. The van der Waals surface area contributed by atoms with Crippen LogP contribution in [0.15, 0.2) is 82.0 Å². The first kappa shape index (κ1) is 20.4. The second kappa shape index (κ2) is 7.90. The number of nitrogens with zero attached hydrogens (tertiary/aromatic N) is 2. The molecule has 164 valence electrons. The van der Waals surface area contributed by atoms with Crippen LogP contribution in [0.2, 0.25) is 0 Å². The van der Waals surface area contributed by atoms with Crippen LogP contribution in [-0.4, -0.2) is 22.8 Å². The third-order valence-corrected chi connectivity index (χ3v) is 5.80. The second-order valence-corrected chi connectivity index (χ2v) is 7.70. The molecule has 1 atom stereocenters. The van der Waals surface area contributed by atoms with Crippen molar-refractivity contribution in [3.8, 4) is 5.75 Å². The standard InChI is InChI=1S/C25H18N2O6/c1-32-18-12-6-15(7-13-18)14-26-22(16-8-10-17(11-9-16)27(30)31)21-23(28)19-4-2-3-5-20(19)33-24(21)25(26)29/h2-13,22H,14H2,1H3. The quantitative estimate of drug-likeness (QED) is 0.334. The SMILES string of the molecule is COc1ccc(CN2C(=O)c3oc4ccccc4c(=O)c3C2c2ccc([N+](=O)[O-])cc2)cc1. The Hall–Kier alpha value is -4.46. The van der Waals surface area contributed by atoms with Crippen molar-refractivity contribution < 1.29 is 18.9 Å². The third kappa shape index (κ3) is 3.41. The van der Waals surface area contributed by atoms with E-state index in [-0.39, 0.29) is 29.0 Å². The number of hydrogen-bond acceptors (Lipinski definition) is 6. The van der Waals surface area contributed by atoms with Crippen molar-refractivity contribution in [2.24, 2.45) is 0 Å². The number of nitro benzene ring substituents is 1. The maximum Gasteiger partial charge on any atom is 0.291 e. The Bertz CT molecular complexity index is 1440. The molecule has 8 heteroatoms. The highest BCUT2D eigenvalue weighted by Crippen LogP contribution is 2.39. The number of methoxy groups -OCH3 is 1. The number of non-ortho nitro benzene ring substituents is 1. The van der Waals surface area contributed by atoms with E-state index in [1.165, 1.54) is 12.1 Å². The zero-order valence-electron chi connectivity index (χ0n) is 17.6. The number of hydrogen-bond donors (Lipinski definition) is 0. The van der Waals surface area contributed by atoms with Gasteiger partial charge in [0.15, 0.2) is 5.43 Å². The molecule has 0 N–H and O–H groups in total. The highest BCUT2D eigenvalue weighted by molar-refractivity contribution is 5.99. The lowest BCUT2D eigenvalue weighted by molar-refractivity contribution is -0.384. The summed E-state index contributed by atoms with van der Waals surface area (Å²) < 4.78 is 11.1. The lowest BCUT2D eigenvalue weighted by atomic mass is 9.98. The Balaban J connectivity index is 1.66. The monoisotopic (exact) mass is 442 g/mol.